The van der Waals surface area contributed by atoms with Gasteiger partial charge >= 0.3 is 0 Å². The van der Waals surface area contributed by atoms with E-state index in [4.69, 9.17) is 5.21 Å². The standard InChI is InChI=1S/C18H14N2O2S/c21-18(20-22)8-3-13-1-5-16(6-2-13)23-17-7-4-14-9-10-19-12-15(14)11-17/h1-12,22H,(H,20,21)/b8-3+. The number of carbonyl (C=O) groups excluding carboxylic acids is 1. The molecule has 0 aliphatic heterocycles. The van der Waals surface area contributed by atoms with E-state index in [2.05, 4.69) is 23.2 Å². The van der Waals surface area contributed by atoms with Crippen LogP contribution >= 0.6 is 11.8 Å². The van der Waals surface area contributed by atoms with E-state index < -0.39 is 5.91 Å². The van der Waals surface area contributed by atoms with Crippen LogP contribution in [0.3, 0.4) is 0 Å². The number of hydrogen-bond donors (Lipinski definition) is 2. The molecule has 23 heavy (non-hydrogen) atoms. The topological polar surface area (TPSA) is 62.2 Å². The quantitative estimate of drug-likeness (QED) is 0.434. The number of hydroxylamine groups is 1. The number of amides is 1. The molecule has 0 bridgehead atoms. The number of aromatic nitrogens is 1. The van der Waals surface area contributed by atoms with Gasteiger partial charge in [0.2, 0.25) is 0 Å². The minimum Gasteiger partial charge on any atom is -0.288 e. The molecule has 3 rings (SSSR count). The Balaban J connectivity index is 1.74. The van der Waals surface area contributed by atoms with Crippen LogP contribution in [-0.4, -0.2) is 16.1 Å². The molecular weight excluding hydrogens is 308 g/mol. The highest BCUT2D eigenvalue weighted by atomic mass is 32.2. The Morgan fingerprint density at radius 1 is 1.04 bits per heavy atom. The maximum Gasteiger partial charge on any atom is 0.267 e. The summed E-state index contributed by atoms with van der Waals surface area (Å²) in [4.78, 5) is 17.3. The Hall–Kier alpha value is -2.63. The number of rotatable bonds is 4. The number of hydrogen-bond acceptors (Lipinski definition) is 4. The van der Waals surface area contributed by atoms with Crippen molar-refractivity contribution in [2.75, 3.05) is 0 Å². The Morgan fingerprint density at radius 2 is 1.83 bits per heavy atom. The molecule has 1 amide bonds. The number of benzene rings is 2. The molecule has 4 nitrogen and oxygen atoms in total. The van der Waals surface area contributed by atoms with Crippen molar-refractivity contribution in [1.82, 2.24) is 10.5 Å². The lowest BCUT2D eigenvalue weighted by Crippen LogP contribution is -2.14. The predicted octanol–water partition coefficient (Wildman–Crippen LogP) is 3.90. The molecule has 0 atom stereocenters. The summed E-state index contributed by atoms with van der Waals surface area (Å²) in [6.07, 6.45) is 6.57. The van der Waals surface area contributed by atoms with Gasteiger partial charge in [-0.3, -0.25) is 15.0 Å². The molecule has 2 N–H and O–H groups in total. The summed E-state index contributed by atoms with van der Waals surface area (Å²) in [6, 6.07) is 16.1. The second-order valence-corrected chi connectivity index (χ2v) is 6.01. The van der Waals surface area contributed by atoms with Gasteiger partial charge in [-0.05, 0) is 47.4 Å². The molecule has 0 aliphatic carbocycles. The van der Waals surface area contributed by atoms with Gasteiger partial charge in [0, 0.05) is 33.6 Å². The van der Waals surface area contributed by atoms with Crippen LogP contribution in [0.15, 0.2) is 76.8 Å². The summed E-state index contributed by atoms with van der Waals surface area (Å²) < 4.78 is 0. The van der Waals surface area contributed by atoms with Crippen molar-refractivity contribution in [2.24, 2.45) is 0 Å². The molecule has 1 heterocycles. The summed E-state index contributed by atoms with van der Waals surface area (Å²) in [6.45, 7) is 0. The molecule has 0 saturated heterocycles. The van der Waals surface area contributed by atoms with Gasteiger partial charge in [-0.2, -0.15) is 0 Å². The third-order valence-corrected chi connectivity index (χ3v) is 4.26. The lowest BCUT2D eigenvalue weighted by atomic mass is 10.2. The Labute approximate surface area is 137 Å². The minimum absolute atomic E-state index is 0.548. The largest absolute Gasteiger partial charge is 0.288 e. The minimum atomic E-state index is -0.548. The van der Waals surface area contributed by atoms with Crippen LogP contribution in [0.4, 0.5) is 0 Å². The average Bonchev–Trinajstić information content (AvgIpc) is 2.60. The third-order valence-electron chi connectivity index (χ3n) is 3.27. The summed E-state index contributed by atoms with van der Waals surface area (Å²) in [7, 11) is 0. The van der Waals surface area contributed by atoms with Crippen molar-refractivity contribution in [3.8, 4) is 0 Å². The van der Waals surface area contributed by atoms with E-state index in [1.54, 1.807) is 29.5 Å². The van der Waals surface area contributed by atoms with Crippen LogP contribution in [0.5, 0.6) is 0 Å². The summed E-state index contributed by atoms with van der Waals surface area (Å²) in [5, 5.41) is 10.7. The van der Waals surface area contributed by atoms with Gasteiger partial charge < -0.3 is 0 Å². The first-order valence-corrected chi connectivity index (χ1v) is 7.80. The molecule has 114 valence electrons. The van der Waals surface area contributed by atoms with Crippen molar-refractivity contribution in [1.29, 1.82) is 0 Å². The van der Waals surface area contributed by atoms with Gasteiger partial charge in [-0.15, -0.1) is 0 Å². The highest BCUT2D eigenvalue weighted by Crippen LogP contribution is 2.30. The van der Waals surface area contributed by atoms with Gasteiger partial charge in [0.05, 0.1) is 0 Å². The number of nitrogens with one attached hydrogen (secondary N) is 1. The van der Waals surface area contributed by atoms with Crippen LogP contribution in [0.2, 0.25) is 0 Å². The first kappa shape index (κ1) is 15.3. The number of fused-ring (bicyclic) bond motifs is 1. The lowest BCUT2D eigenvalue weighted by Gasteiger charge is -2.04. The third kappa shape index (κ3) is 3.97. The van der Waals surface area contributed by atoms with E-state index in [0.29, 0.717) is 0 Å². The van der Waals surface area contributed by atoms with Crippen molar-refractivity contribution < 1.29 is 10.0 Å². The highest BCUT2D eigenvalue weighted by Gasteiger charge is 2.00. The van der Waals surface area contributed by atoms with E-state index in [1.807, 2.05) is 36.5 Å². The maximum atomic E-state index is 10.9. The van der Waals surface area contributed by atoms with Crippen LogP contribution in [-0.2, 0) is 4.79 Å². The molecule has 2 aromatic carbocycles. The molecule has 0 unspecified atom stereocenters. The van der Waals surface area contributed by atoms with E-state index in [-0.39, 0.29) is 0 Å². The monoisotopic (exact) mass is 322 g/mol. The number of carbonyl (C=O) groups is 1. The van der Waals surface area contributed by atoms with Crippen LogP contribution in [0.1, 0.15) is 5.56 Å². The molecular formula is C18H14N2O2S. The fourth-order valence-electron chi connectivity index (χ4n) is 2.12. The smallest absolute Gasteiger partial charge is 0.267 e. The van der Waals surface area contributed by atoms with Gasteiger partial charge in [0.1, 0.15) is 0 Å². The highest BCUT2D eigenvalue weighted by molar-refractivity contribution is 7.99. The predicted molar refractivity (Wildman–Crippen MR) is 91.3 cm³/mol. The van der Waals surface area contributed by atoms with Crippen molar-refractivity contribution >= 4 is 34.5 Å². The Bertz CT molecular complexity index is 860. The van der Waals surface area contributed by atoms with Crippen molar-refractivity contribution in [3.05, 3.63) is 72.6 Å². The molecule has 0 fully saturated rings. The molecule has 1 aromatic heterocycles. The van der Waals surface area contributed by atoms with E-state index in [0.717, 1.165) is 20.7 Å². The fourth-order valence-corrected chi connectivity index (χ4v) is 2.99. The molecule has 3 aromatic rings. The normalized spacial score (nSPS) is 11.0. The second-order valence-electron chi connectivity index (χ2n) is 4.87. The first-order chi connectivity index (χ1) is 11.2. The van der Waals surface area contributed by atoms with Crippen LogP contribution in [0, 0.1) is 0 Å². The maximum absolute atomic E-state index is 10.9. The zero-order valence-electron chi connectivity index (χ0n) is 12.1. The summed E-state index contributed by atoms with van der Waals surface area (Å²) >= 11 is 1.67. The zero-order valence-corrected chi connectivity index (χ0v) is 13.0. The average molecular weight is 322 g/mol. The SMILES string of the molecule is O=C(/C=C/c1ccc(Sc2ccc3ccncc3c2)cc1)NO. The van der Waals surface area contributed by atoms with Crippen molar-refractivity contribution in [3.63, 3.8) is 0 Å². The number of nitrogens with zero attached hydrogens (tertiary/aromatic N) is 1. The second kappa shape index (κ2) is 7.09. The Morgan fingerprint density at radius 3 is 2.61 bits per heavy atom. The first-order valence-electron chi connectivity index (χ1n) is 6.98. The summed E-state index contributed by atoms with van der Waals surface area (Å²) in [5.41, 5.74) is 2.45. The van der Waals surface area contributed by atoms with Crippen molar-refractivity contribution in [2.45, 2.75) is 9.79 Å². The zero-order chi connectivity index (χ0) is 16.1. The van der Waals surface area contributed by atoms with E-state index in [9.17, 15) is 4.79 Å². The lowest BCUT2D eigenvalue weighted by molar-refractivity contribution is -0.124. The van der Waals surface area contributed by atoms with Gasteiger partial charge in [0.15, 0.2) is 0 Å². The van der Waals surface area contributed by atoms with Gasteiger partial charge in [-0.25, -0.2) is 5.48 Å². The molecule has 0 saturated carbocycles. The number of pyridine rings is 1. The fraction of sp³-hybridized carbons (Fsp3) is 0. The van der Waals surface area contributed by atoms with E-state index in [1.165, 1.54) is 11.5 Å². The van der Waals surface area contributed by atoms with E-state index >= 15 is 0 Å². The summed E-state index contributed by atoms with van der Waals surface area (Å²) in [5.74, 6) is -0.548. The van der Waals surface area contributed by atoms with Gasteiger partial charge in [0.25, 0.3) is 5.91 Å². The van der Waals surface area contributed by atoms with Gasteiger partial charge in [-0.1, -0.05) is 30.0 Å². The molecule has 5 heteroatoms. The van der Waals surface area contributed by atoms with Crippen LogP contribution in [0.25, 0.3) is 16.8 Å². The molecule has 0 aliphatic rings. The molecule has 0 spiro atoms. The van der Waals surface area contributed by atoms with Crippen LogP contribution < -0.4 is 5.48 Å². The molecule has 0 radical (unpaired) electrons. The Kier molecular flexibility index (Phi) is 4.71.